The molecule has 0 radical (unpaired) electrons. The van der Waals surface area contributed by atoms with Gasteiger partial charge < -0.3 is 10.7 Å². The maximum Gasteiger partial charge on any atom is 0.155 e. The van der Waals surface area contributed by atoms with E-state index in [0.29, 0.717) is 0 Å². The number of aromatic nitrogens is 4. The van der Waals surface area contributed by atoms with Gasteiger partial charge in [0.2, 0.25) is 0 Å². The first-order valence-corrected chi connectivity index (χ1v) is 6.47. The van der Waals surface area contributed by atoms with Crippen molar-refractivity contribution in [3.05, 3.63) is 47.4 Å². The van der Waals surface area contributed by atoms with Crippen LogP contribution in [0.1, 0.15) is 23.5 Å². The Morgan fingerprint density at radius 2 is 1.95 bits per heavy atom. The van der Waals surface area contributed by atoms with Gasteiger partial charge in [0.1, 0.15) is 5.82 Å². The van der Waals surface area contributed by atoms with E-state index in [-0.39, 0.29) is 0 Å². The van der Waals surface area contributed by atoms with Crippen LogP contribution >= 0.6 is 0 Å². The normalized spacial score (nSPS) is 11.2. The molecule has 5 heteroatoms. The van der Waals surface area contributed by atoms with Crippen LogP contribution in [0.5, 0.6) is 0 Å². The molecule has 3 N–H and O–H groups in total. The number of nitrogens with one attached hydrogen (secondary N) is 1. The quantitative estimate of drug-likeness (QED) is 0.701. The predicted molar refractivity (Wildman–Crippen MR) is 75.0 cm³/mol. The number of hydrogen-bond donors (Lipinski definition) is 2. The minimum Gasteiger partial charge on any atom is -0.399 e. The summed E-state index contributed by atoms with van der Waals surface area (Å²) in [6.07, 6.45) is 3.01. The standard InChI is InChI=1S/C14H17N5/c1-10-9-14-16-13(18-19(14)17-10)4-2-3-11-5-7-12(15)8-6-11/h5-9H,2-4,15H2,1H3,(H,16,18). The Bertz CT molecular complexity index is 646. The third-order valence-electron chi connectivity index (χ3n) is 3.16. The zero-order valence-corrected chi connectivity index (χ0v) is 10.9. The fourth-order valence-corrected chi connectivity index (χ4v) is 2.19. The van der Waals surface area contributed by atoms with Crippen LogP contribution in [-0.2, 0) is 12.8 Å². The zero-order valence-electron chi connectivity index (χ0n) is 10.9. The molecule has 0 fully saturated rings. The molecule has 1 aromatic carbocycles. The van der Waals surface area contributed by atoms with Gasteiger partial charge in [0.15, 0.2) is 5.65 Å². The molecule has 0 unspecified atom stereocenters. The highest BCUT2D eigenvalue weighted by atomic mass is 15.5. The summed E-state index contributed by atoms with van der Waals surface area (Å²) in [6.45, 7) is 1.96. The van der Waals surface area contributed by atoms with Gasteiger partial charge in [-0.15, -0.1) is 9.73 Å². The fraction of sp³-hybridized carbons (Fsp3) is 0.286. The van der Waals surface area contributed by atoms with Crippen LogP contribution in [0.4, 0.5) is 5.69 Å². The van der Waals surface area contributed by atoms with Gasteiger partial charge in [-0.25, -0.2) is 0 Å². The van der Waals surface area contributed by atoms with E-state index < -0.39 is 0 Å². The van der Waals surface area contributed by atoms with E-state index in [1.165, 1.54) is 5.56 Å². The second-order valence-electron chi connectivity index (χ2n) is 4.83. The first kappa shape index (κ1) is 11.8. The van der Waals surface area contributed by atoms with Crippen molar-refractivity contribution in [2.75, 3.05) is 5.73 Å². The lowest BCUT2D eigenvalue weighted by Gasteiger charge is -2.00. The molecule has 0 aliphatic rings. The number of aryl methyl sites for hydroxylation is 3. The molecule has 0 bridgehead atoms. The number of hydrogen-bond acceptors (Lipinski definition) is 3. The first-order valence-electron chi connectivity index (χ1n) is 6.47. The van der Waals surface area contributed by atoms with E-state index in [2.05, 4.69) is 27.3 Å². The average Bonchev–Trinajstić information content (AvgIpc) is 2.88. The number of nitrogen functional groups attached to an aromatic ring is 1. The summed E-state index contributed by atoms with van der Waals surface area (Å²) in [7, 11) is 0. The predicted octanol–water partition coefficient (Wildman–Crippen LogP) is 2.12. The van der Waals surface area contributed by atoms with Crippen LogP contribution in [0.2, 0.25) is 0 Å². The summed E-state index contributed by atoms with van der Waals surface area (Å²) in [5, 5.41) is 8.68. The molecule has 0 amide bonds. The molecule has 2 heterocycles. The van der Waals surface area contributed by atoms with Crippen molar-refractivity contribution < 1.29 is 0 Å². The second kappa shape index (κ2) is 4.76. The van der Waals surface area contributed by atoms with Gasteiger partial charge in [0.05, 0.1) is 5.69 Å². The topological polar surface area (TPSA) is 72.0 Å². The number of anilines is 1. The van der Waals surface area contributed by atoms with E-state index in [4.69, 9.17) is 5.73 Å². The third kappa shape index (κ3) is 2.59. The Morgan fingerprint density at radius 1 is 1.16 bits per heavy atom. The summed E-state index contributed by atoms with van der Waals surface area (Å²) in [6, 6.07) is 10.0. The Balaban J connectivity index is 1.59. The van der Waals surface area contributed by atoms with Crippen LogP contribution < -0.4 is 5.73 Å². The van der Waals surface area contributed by atoms with Gasteiger partial charge in [-0.3, -0.25) is 0 Å². The van der Waals surface area contributed by atoms with E-state index >= 15 is 0 Å². The van der Waals surface area contributed by atoms with Gasteiger partial charge in [0, 0.05) is 18.2 Å². The highest BCUT2D eigenvalue weighted by Crippen LogP contribution is 2.10. The molecule has 0 spiro atoms. The molecule has 0 saturated heterocycles. The summed E-state index contributed by atoms with van der Waals surface area (Å²) >= 11 is 0. The van der Waals surface area contributed by atoms with E-state index in [9.17, 15) is 0 Å². The number of benzene rings is 1. The average molecular weight is 255 g/mol. The molecule has 0 saturated carbocycles. The fourth-order valence-electron chi connectivity index (χ4n) is 2.19. The number of rotatable bonds is 4. The van der Waals surface area contributed by atoms with Gasteiger partial charge in [-0.1, -0.05) is 12.1 Å². The lowest BCUT2D eigenvalue weighted by Crippen LogP contribution is -1.95. The van der Waals surface area contributed by atoms with Gasteiger partial charge in [-0.2, -0.15) is 5.10 Å². The smallest absolute Gasteiger partial charge is 0.155 e. The molecule has 3 aromatic rings. The summed E-state index contributed by atoms with van der Waals surface area (Å²) < 4.78 is 1.66. The SMILES string of the molecule is Cc1cc2[nH]c(CCCc3ccc(N)cc3)nn2n1. The molecule has 2 aromatic heterocycles. The van der Waals surface area contributed by atoms with Crippen LogP contribution in [-0.4, -0.2) is 19.8 Å². The third-order valence-corrected chi connectivity index (χ3v) is 3.16. The number of nitrogens with zero attached hydrogens (tertiary/aromatic N) is 3. The van der Waals surface area contributed by atoms with Crippen molar-refractivity contribution in [3.63, 3.8) is 0 Å². The van der Waals surface area contributed by atoms with Crippen molar-refractivity contribution in [1.29, 1.82) is 0 Å². The van der Waals surface area contributed by atoms with E-state index in [1.807, 2.05) is 25.1 Å². The van der Waals surface area contributed by atoms with Crippen LogP contribution in [0.25, 0.3) is 5.65 Å². The Labute approximate surface area is 111 Å². The molecular weight excluding hydrogens is 238 g/mol. The highest BCUT2D eigenvalue weighted by Gasteiger charge is 2.04. The number of nitrogens with two attached hydrogens (primary N) is 1. The van der Waals surface area contributed by atoms with Gasteiger partial charge >= 0.3 is 0 Å². The van der Waals surface area contributed by atoms with E-state index in [1.54, 1.807) is 4.63 Å². The van der Waals surface area contributed by atoms with Crippen LogP contribution in [0.15, 0.2) is 30.3 Å². The maximum atomic E-state index is 5.67. The summed E-state index contributed by atoms with van der Waals surface area (Å²) in [4.78, 5) is 3.28. The molecule has 3 rings (SSSR count). The molecular formula is C14H17N5. The Hall–Kier alpha value is -2.30. The molecule has 5 nitrogen and oxygen atoms in total. The maximum absolute atomic E-state index is 5.67. The van der Waals surface area contributed by atoms with Crippen molar-refractivity contribution in [2.24, 2.45) is 0 Å². The lowest BCUT2D eigenvalue weighted by atomic mass is 10.1. The number of fused-ring (bicyclic) bond motifs is 1. The first-order chi connectivity index (χ1) is 9.20. The zero-order chi connectivity index (χ0) is 13.2. The Kier molecular flexibility index (Phi) is 2.95. The molecule has 98 valence electrons. The lowest BCUT2D eigenvalue weighted by molar-refractivity contribution is 0.733. The molecule has 0 aliphatic carbocycles. The van der Waals surface area contributed by atoms with Crippen molar-refractivity contribution >= 4 is 11.3 Å². The summed E-state index contributed by atoms with van der Waals surface area (Å²) in [5.41, 5.74) is 9.72. The van der Waals surface area contributed by atoms with Gasteiger partial charge in [-0.05, 0) is 37.5 Å². The number of H-pyrrole nitrogens is 1. The Morgan fingerprint density at radius 3 is 2.68 bits per heavy atom. The monoisotopic (exact) mass is 255 g/mol. The van der Waals surface area contributed by atoms with Crippen molar-refractivity contribution in [1.82, 2.24) is 19.8 Å². The highest BCUT2D eigenvalue weighted by molar-refractivity contribution is 5.39. The van der Waals surface area contributed by atoms with Crippen LogP contribution in [0.3, 0.4) is 0 Å². The van der Waals surface area contributed by atoms with Crippen molar-refractivity contribution in [3.8, 4) is 0 Å². The largest absolute Gasteiger partial charge is 0.399 e. The van der Waals surface area contributed by atoms with Crippen LogP contribution in [0, 0.1) is 6.92 Å². The van der Waals surface area contributed by atoms with Crippen molar-refractivity contribution in [2.45, 2.75) is 26.2 Å². The molecule has 0 aliphatic heterocycles. The molecule has 0 atom stereocenters. The van der Waals surface area contributed by atoms with Gasteiger partial charge in [0.25, 0.3) is 0 Å². The summed E-state index contributed by atoms with van der Waals surface area (Å²) in [5.74, 6) is 0.984. The van der Waals surface area contributed by atoms with E-state index in [0.717, 1.165) is 42.1 Å². The second-order valence-corrected chi connectivity index (χ2v) is 4.83. The number of aromatic amines is 1. The molecule has 19 heavy (non-hydrogen) atoms. The minimum atomic E-state index is 0.811. The minimum absolute atomic E-state index is 0.811.